The number of aliphatic carboxylic acids is 1. The molecule has 1 aromatic carbocycles. The molecule has 1 aromatic heterocycles. The van der Waals surface area contributed by atoms with Gasteiger partial charge in [-0.05, 0) is 29.7 Å². The first-order valence-electron chi connectivity index (χ1n) is 7.08. The van der Waals surface area contributed by atoms with Crippen LogP contribution in [0.25, 0.3) is 0 Å². The van der Waals surface area contributed by atoms with E-state index in [0.29, 0.717) is 13.1 Å². The molecule has 0 radical (unpaired) electrons. The Balaban J connectivity index is 1.83. The molecular formula is C17H18N2O2. The monoisotopic (exact) mass is 282 g/mol. The maximum absolute atomic E-state index is 11.5. The minimum absolute atomic E-state index is 0.458. The molecule has 0 bridgehead atoms. The van der Waals surface area contributed by atoms with E-state index >= 15 is 0 Å². The first-order valence-corrected chi connectivity index (χ1v) is 7.08. The molecule has 4 heteroatoms. The Morgan fingerprint density at radius 3 is 2.86 bits per heavy atom. The third-order valence-corrected chi connectivity index (χ3v) is 3.92. The van der Waals surface area contributed by atoms with Gasteiger partial charge in [-0.3, -0.25) is 14.7 Å². The molecule has 108 valence electrons. The molecule has 0 saturated heterocycles. The van der Waals surface area contributed by atoms with Crippen LogP contribution in [0.2, 0.25) is 0 Å². The zero-order valence-electron chi connectivity index (χ0n) is 12.0. The highest BCUT2D eigenvalue weighted by Crippen LogP contribution is 2.29. The van der Waals surface area contributed by atoms with Gasteiger partial charge in [-0.15, -0.1) is 0 Å². The van der Waals surface area contributed by atoms with Crippen molar-refractivity contribution < 1.29 is 9.90 Å². The molecule has 2 heterocycles. The molecule has 2 aromatic rings. The predicted octanol–water partition coefficient (Wildman–Crippen LogP) is 2.57. The Kier molecular flexibility index (Phi) is 3.71. The van der Waals surface area contributed by atoms with Crippen LogP contribution in [0.4, 0.5) is 0 Å². The summed E-state index contributed by atoms with van der Waals surface area (Å²) >= 11 is 0. The van der Waals surface area contributed by atoms with Gasteiger partial charge in [0.2, 0.25) is 0 Å². The van der Waals surface area contributed by atoms with Crippen molar-refractivity contribution in [2.75, 3.05) is 6.54 Å². The zero-order valence-corrected chi connectivity index (χ0v) is 12.0. The molecule has 1 N–H and O–H groups in total. The summed E-state index contributed by atoms with van der Waals surface area (Å²) < 4.78 is 0. The lowest BCUT2D eigenvalue weighted by Crippen LogP contribution is -2.36. The first kappa shape index (κ1) is 13.8. The van der Waals surface area contributed by atoms with Gasteiger partial charge in [0.15, 0.2) is 0 Å². The molecule has 0 fully saturated rings. The van der Waals surface area contributed by atoms with Crippen LogP contribution in [0.15, 0.2) is 42.6 Å². The lowest BCUT2D eigenvalue weighted by Gasteiger charge is -2.32. The van der Waals surface area contributed by atoms with Gasteiger partial charge in [-0.2, -0.15) is 0 Å². The SMILES string of the molecule is Cc1ccc(CN2Cc3ccccc3C(C(=O)O)C2)nc1. The Morgan fingerprint density at radius 2 is 2.14 bits per heavy atom. The molecule has 0 saturated carbocycles. The summed E-state index contributed by atoms with van der Waals surface area (Å²) in [5.41, 5.74) is 4.15. The molecule has 1 unspecified atom stereocenters. The molecule has 0 amide bonds. The van der Waals surface area contributed by atoms with E-state index in [-0.39, 0.29) is 0 Å². The first-order chi connectivity index (χ1) is 10.1. The van der Waals surface area contributed by atoms with Crippen molar-refractivity contribution in [2.24, 2.45) is 0 Å². The fourth-order valence-corrected chi connectivity index (χ4v) is 2.83. The fraction of sp³-hybridized carbons (Fsp3) is 0.294. The number of fused-ring (bicyclic) bond motifs is 1. The normalized spacial score (nSPS) is 18.2. The molecule has 1 atom stereocenters. The smallest absolute Gasteiger partial charge is 0.312 e. The summed E-state index contributed by atoms with van der Waals surface area (Å²) in [6, 6.07) is 11.9. The highest BCUT2D eigenvalue weighted by Gasteiger charge is 2.30. The second kappa shape index (κ2) is 5.66. The van der Waals surface area contributed by atoms with Crippen LogP contribution in [0.1, 0.15) is 28.3 Å². The predicted molar refractivity (Wildman–Crippen MR) is 79.9 cm³/mol. The Hall–Kier alpha value is -2.20. The summed E-state index contributed by atoms with van der Waals surface area (Å²) in [7, 11) is 0. The van der Waals surface area contributed by atoms with Crippen molar-refractivity contribution in [3.63, 3.8) is 0 Å². The maximum Gasteiger partial charge on any atom is 0.312 e. The molecule has 0 aliphatic carbocycles. The number of aryl methyl sites for hydroxylation is 1. The number of rotatable bonds is 3. The van der Waals surface area contributed by atoms with E-state index in [0.717, 1.165) is 28.9 Å². The zero-order chi connectivity index (χ0) is 14.8. The standard InChI is InChI=1S/C17H18N2O2/c1-12-6-7-14(18-8-12)10-19-9-13-4-2-3-5-15(13)16(11-19)17(20)21/h2-8,16H,9-11H2,1H3,(H,20,21). The number of pyridine rings is 1. The van der Waals surface area contributed by atoms with Gasteiger partial charge in [0, 0.05) is 25.8 Å². The highest BCUT2D eigenvalue weighted by molar-refractivity contribution is 5.77. The number of carbonyl (C=O) groups is 1. The van der Waals surface area contributed by atoms with E-state index in [2.05, 4.69) is 9.88 Å². The van der Waals surface area contributed by atoms with Crippen molar-refractivity contribution in [1.29, 1.82) is 0 Å². The largest absolute Gasteiger partial charge is 0.481 e. The Bertz CT molecular complexity index is 652. The molecular weight excluding hydrogens is 264 g/mol. The van der Waals surface area contributed by atoms with Crippen LogP contribution in [0, 0.1) is 6.92 Å². The maximum atomic E-state index is 11.5. The molecule has 0 spiro atoms. The van der Waals surface area contributed by atoms with Crippen molar-refractivity contribution in [3.8, 4) is 0 Å². The van der Waals surface area contributed by atoms with Crippen LogP contribution in [-0.4, -0.2) is 27.5 Å². The minimum Gasteiger partial charge on any atom is -0.481 e. The Morgan fingerprint density at radius 1 is 1.33 bits per heavy atom. The second-order valence-electron chi connectivity index (χ2n) is 5.59. The summed E-state index contributed by atoms with van der Waals surface area (Å²) in [5, 5.41) is 9.46. The average Bonchev–Trinajstić information content (AvgIpc) is 2.48. The molecule has 1 aliphatic rings. The van der Waals surface area contributed by atoms with Crippen molar-refractivity contribution in [2.45, 2.75) is 25.9 Å². The summed E-state index contributed by atoms with van der Waals surface area (Å²) in [5.74, 6) is -1.22. The Labute approximate surface area is 124 Å². The van der Waals surface area contributed by atoms with Crippen LogP contribution < -0.4 is 0 Å². The quantitative estimate of drug-likeness (QED) is 0.940. The number of carboxylic acids is 1. The summed E-state index contributed by atoms with van der Waals surface area (Å²) in [4.78, 5) is 18.1. The second-order valence-corrected chi connectivity index (χ2v) is 5.59. The van der Waals surface area contributed by atoms with Crippen molar-refractivity contribution >= 4 is 5.97 Å². The van der Waals surface area contributed by atoms with Gasteiger partial charge in [-0.1, -0.05) is 30.3 Å². The molecule has 1 aliphatic heterocycles. The van der Waals surface area contributed by atoms with Crippen LogP contribution >= 0.6 is 0 Å². The molecule has 4 nitrogen and oxygen atoms in total. The number of benzene rings is 1. The molecule has 21 heavy (non-hydrogen) atoms. The van der Waals surface area contributed by atoms with Gasteiger partial charge >= 0.3 is 5.97 Å². The van der Waals surface area contributed by atoms with E-state index in [1.54, 1.807) is 0 Å². The summed E-state index contributed by atoms with van der Waals surface area (Å²) in [6.45, 7) is 3.99. The van der Waals surface area contributed by atoms with Gasteiger partial charge < -0.3 is 5.11 Å². The van der Waals surface area contributed by atoms with E-state index in [1.807, 2.05) is 49.5 Å². The average molecular weight is 282 g/mol. The fourth-order valence-electron chi connectivity index (χ4n) is 2.83. The van der Waals surface area contributed by atoms with E-state index in [4.69, 9.17) is 0 Å². The van der Waals surface area contributed by atoms with Crippen LogP contribution in [0.5, 0.6) is 0 Å². The number of aromatic nitrogens is 1. The lowest BCUT2D eigenvalue weighted by atomic mass is 9.90. The van der Waals surface area contributed by atoms with Gasteiger partial charge in [0.25, 0.3) is 0 Å². The van der Waals surface area contributed by atoms with Crippen LogP contribution in [0.3, 0.4) is 0 Å². The van der Waals surface area contributed by atoms with Gasteiger partial charge in [-0.25, -0.2) is 0 Å². The topological polar surface area (TPSA) is 53.4 Å². The third-order valence-electron chi connectivity index (χ3n) is 3.92. The van der Waals surface area contributed by atoms with E-state index in [9.17, 15) is 9.90 Å². The van der Waals surface area contributed by atoms with E-state index < -0.39 is 11.9 Å². The van der Waals surface area contributed by atoms with Crippen molar-refractivity contribution in [3.05, 3.63) is 65.0 Å². The highest BCUT2D eigenvalue weighted by atomic mass is 16.4. The number of carboxylic acid groups (broad SMARTS) is 1. The van der Waals surface area contributed by atoms with Crippen LogP contribution in [-0.2, 0) is 17.9 Å². The van der Waals surface area contributed by atoms with Gasteiger partial charge in [0.05, 0.1) is 11.6 Å². The number of hydrogen-bond acceptors (Lipinski definition) is 3. The van der Waals surface area contributed by atoms with E-state index in [1.165, 1.54) is 0 Å². The number of nitrogens with zero attached hydrogens (tertiary/aromatic N) is 2. The minimum atomic E-state index is -0.760. The number of hydrogen-bond donors (Lipinski definition) is 1. The van der Waals surface area contributed by atoms with Gasteiger partial charge in [0.1, 0.15) is 0 Å². The van der Waals surface area contributed by atoms with Crippen molar-refractivity contribution in [1.82, 2.24) is 9.88 Å². The third kappa shape index (κ3) is 2.95. The molecule has 3 rings (SSSR count). The lowest BCUT2D eigenvalue weighted by molar-refractivity contribution is -0.139. The summed E-state index contributed by atoms with van der Waals surface area (Å²) in [6.07, 6.45) is 1.85.